The molecule has 0 amide bonds. The summed E-state index contributed by atoms with van der Waals surface area (Å²) in [7, 11) is 2.21. The average molecular weight is 232 g/mol. The minimum absolute atomic E-state index is 0.473. The summed E-state index contributed by atoms with van der Waals surface area (Å²) in [4.78, 5) is 2.42. The smallest absolute Gasteiger partial charge is 0.00109 e. The van der Waals surface area contributed by atoms with Gasteiger partial charge in [-0.2, -0.15) is 0 Å². The quantitative estimate of drug-likeness (QED) is 0.868. The number of piperidine rings is 1. The van der Waals surface area contributed by atoms with E-state index in [-0.39, 0.29) is 0 Å². The summed E-state index contributed by atoms with van der Waals surface area (Å²) in [5.74, 6) is 1.22. The second-order valence-corrected chi connectivity index (χ2v) is 5.38. The topological polar surface area (TPSA) is 29.3 Å². The van der Waals surface area contributed by atoms with Gasteiger partial charge in [-0.25, -0.2) is 0 Å². The Hall–Kier alpha value is -0.860. The predicted molar refractivity (Wildman–Crippen MR) is 73.4 cm³/mol. The maximum Gasteiger partial charge on any atom is -0.00109 e. The Morgan fingerprint density at radius 1 is 1.35 bits per heavy atom. The second-order valence-electron chi connectivity index (χ2n) is 5.38. The molecule has 1 saturated heterocycles. The summed E-state index contributed by atoms with van der Waals surface area (Å²) in [6.07, 6.45) is 2.58. The zero-order chi connectivity index (χ0) is 12.3. The summed E-state index contributed by atoms with van der Waals surface area (Å²) in [5, 5.41) is 0. The summed E-state index contributed by atoms with van der Waals surface area (Å²) >= 11 is 0. The molecule has 2 N–H and O–H groups in total. The van der Waals surface area contributed by atoms with E-state index in [0.717, 1.165) is 12.5 Å². The van der Waals surface area contributed by atoms with Crippen LogP contribution in [0.3, 0.4) is 0 Å². The van der Waals surface area contributed by atoms with Gasteiger partial charge in [-0.1, -0.05) is 31.2 Å². The molecule has 0 radical (unpaired) electrons. The number of benzene rings is 1. The van der Waals surface area contributed by atoms with Gasteiger partial charge in [0.2, 0.25) is 0 Å². The Morgan fingerprint density at radius 3 is 2.71 bits per heavy atom. The van der Waals surface area contributed by atoms with Crippen molar-refractivity contribution >= 4 is 0 Å². The molecule has 0 saturated carbocycles. The lowest BCUT2D eigenvalue weighted by molar-refractivity contribution is 0.255. The van der Waals surface area contributed by atoms with E-state index in [0.29, 0.717) is 5.92 Å². The number of rotatable bonds is 3. The van der Waals surface area contributed by atoms with Crippen LogP contribution in [0.2, 0.25) is 0 Å². The highest BCUT2D eigenvalue weighted by Crippen LogP contribution is 2.29. The van der Waals surface area contributed by atoms with Crippen LogP contribution in [0, 0.1) is 0 Å². The number of nitrogens with two attached hydrogens (primary N) is 1. The molecule has 1 aromatic rings. The van der Waals surface area contributed by atoms with E-state index in [1.54, 1.807) is 0 Å². The highest BCUT2D eigenvalue weighted by Gasteiger charge is 2.18. The van der Waals surface area contributed by atoms with Crippen molar-refractivity contribution in [2.75, 3.05) is 26.7 Å². The van der Waals surface area contributed by atoms with Gasteiger partial charge in [0.05, 0.1) is 0 Å². The van der Waals surface area contributed by atoms with E-state index < -0.39 is 0 Å². The molecule has 2 heteroatoms. The van der Waals surface area contributed by atoms with E-state index in [4.69, 9.17) is 5.73 Å². The van der Waals surface area contributed by atoms with Crippen LogP contribution in [0.1, 0.15) is 42.7 Å². The molecule has 0 aliphatic carbocycles. The first-order valence-corrected chi connectivity index (χ1v) is 6.69. The van der Waals surface area contributed by atoms with Crippen molar-refractivity contribution in [3.63, 3.8) is 0 Å². The first-order chi connectivity index (χ1) is 8.20. The summed E-state index contributed by atoms with van der Waals surface area (Å²) in [5.41, 5.74) is 8.65. The van der Waals surface area contributed by atoms with Crippen molar-refractivity contribution in [1.29, 1.82) is 0 Å². The summed E-state index contributed by atoms with van der Waals surface area (Å²) in [6, 6.07) is 9.04. The Bertz CT molecular complexity index is 354. The fourth-order valence-electron chi connectivity index (χ4n) is 2.60. The van der Waals surface area contributed by atoms with E-state index in [2.05, 4.69) is 43.1 Å². The number of likely N-dealkylation sites (tertiary alicyclic amines) is 1. The molecule has 1 heterocycles. The lowest BCUT2D eigenvalue weighted by Crippen LogP contribution is -2.29. The largest absolute Gasteiger partial charge is 0.330 e. The van der Waals surface area contributed by atoms with Gasteiger partial charge >= 0.3 is 0 Å². The van der Waals surface area contributed by atoms with Crippen LogP contribution in [-0.4, -0.2) is 31.6 Å². The van der Waals surface area contributed by atoms with Crippen molar-refractivity contribution in [3.8, 4) is 0 Å². The predicted octanol–water partition coefficient (Wildman–Crippen LogP) is 2.56. The number of hydrogen-bond acceptors (Lipinski definition) is 2. The van der Waals surface area contributed by atoms with E-state index >= 15 is 0 Å². The summed E-state index contributed by atoms with van der Waals surface area (Å²) < 4.78 is 0. The molecular formula is C15H24N2. The molecule has 1 atom stereocenters. The Morgan fingerprint density at radius 2 is 2.06 bits per heavy atom. The van der Waals surface area contributed by atoms with Gasteiger partial charge < -0.3 is 10.6 Å². The van der Waals surface area contributed by atoms with E-state index in [1.165, 1.54) is 37.1 Å². The van der Waals surface area contributed by atoms with Gasteiger partial charge in [0, 0.05) is 0 Å². The van der Waals surface area contributed by atoms with Crippen molar-refractivity contribution in [1.82, 2.24) is 4.90 Å². The first-order valence-electron chi connectivity index (χ1n) is 6.69. The Balaban J connectivity index is 2.10. The van der Waals surface area contributed by atoms with Crippen molar-refractivity contribution in [3.05, 3.63) is 35.4 Å². The van der Waals surface area contributed by atoms with Crippen LogP contribution < -0.4 is 5.73 Å². The SMILES string of the molecule is CC(CN)c1cccc(C2CCN(C)CC2)c1. The van der Waals surface area contributed by atoms with Crippen LogP contribution in [0.15, 0.2) is 24.3 Å². The standard InChI is InChI=1S/C15H24N2/c1-12(11-16)14-4-3-5-15(10-14)13-6-8-17(2)9-7-13/h3-5,10,12-13H,6-9,11,16H2,1-2H3. The van der Waals surface area contributed by atoms with Gasteiger partial charge in [0.1, 0.15) is 0 Å². The third-order valence-electron chi connectivity index (χ3n) is 4.02. The highest BCUT2D eigenvalue weighted by atomic mass is 15.1. The molecule has 1 aliphatic rings. The molecule has 2 nitrogen and oxygen atoms in total. The van der Waals surface area contributed by atoms with E-state index in [1.807, 2.05) is 0 Å². The van der Waals surface area contributed by atoms with Crippen molar-refractivity contribution in [2.24, 2.45) is 5.73 Å². The first kappa shape index (κ1) is 12.6. The summed E-state index contributed by atoms with van der Waals surface area (Å²) in [6.45, 7) is 5.38. The second kappa shape index (κ2) is 5.65. The zero-order valence-electron chi connectivity index (χ0n) is 11.0. The molecule has 0 aromatic heterocycles. The van der Waals surface area contributed by atoms with Gasteiger partial charge in [0.15, 0.2) is 0 Å². The molecule has 1 fully saturated rings. The molecule has 2 rings (SSSR count). The maximum atomic E-state index is 5.74. The minimum Gasteiger partial charge on any atom is -0.330 e. The Kier molecular flexibility index (Phi) is 4.19. The van der Waals surface area contributed by atoms with Crippen LogP contribution in [-0.2, 0) is 0 Å². The lowest BCUT2D eigenvalue weighted by Gasteiger charge is -2.29. The minimum atomic E-state index is 0.473. The fraction of sp³-hybridized carbons (Fsp3) is 0.600. The third-order valence-corrected chi connectivity index (χ3v) is 4.02. The number of hydrogen-bond donors (Lipinski definition) is 1. The molecule has 0 bridgehead atoms. The van der Waals surface area contributed by atoms with Crippen LogP contribution >= 0.6 is 0 Å². The normalized spacial score (nSPS) is 20.4. The van der Waals surface area contributed by atoms with Gasteiger partial charge in [-0.3, -0.25) is 0 Å². The van der Waals surface area contributed by atoms with Crippen molar-refractivity contribution < 1.29 is 0 Å². The van der Waals surface area contributed by atoms with E-state index in [9.17, 15) is 0 Å². The monoisotopic (exact) mass is 232 g/mol. The third kappa shape index (κ3) is 3.08. The lowest BCUT2D eigenvalue weighted by atomic mass is 9.87. The molecule has 17 heavy (non-hydrogen) atoms. The molecule has 1 aromatic carbocycles. The average Bonchev–Trinajstić information content (AvgIpc) is 2.39. The van der Waals surface area contributed by atoms with Crippen molar-refractivity contribution in [2.45, 2.75) is 31.6 Å². The maximum absolute atomic E-state index is 5.74. The van der Waals surface area contributed by atoms with Gasteiger partial charge in [-0.05, 0) is 62.5 Å². The highest BCUT2D eigenvalue weighted by molar-refractivity contribution is 5.29. The zero-order valence-corrected chi connectivity index (χ0v) is 11.0. The fourth-order valence-corrected chi connectivity index (χ4v) is 2.60. The van der Waals surface area contributed by atoms with Gasteiger partial charge in [0.25, 0.3) is 0 Å². The molecular weight excluding hydrogens is 208 g/mol. The molecule has 0 spiro atoms. The van der Waals surface area contributed by atoms with Crippen LogP contribution in [0.25, 0.3) is 0 Å². The number of nitrogens with zero attached hydrogens (tertiary/aromatic N) is 1. The van der Waals surface area contributed by atoms with Crippen LogP contribution in [0.5, 0.6) is 0 Å². The molecule has 1 unspecified atom stereocenters. The molecule has 1 aliphatic heterocycles. The Labute approximate surface area is 105 Å². The molecule has 94 valence electrons. The van der Waals surface area contributed by atoms with Gasteiger partial charge in [-0.15, -0.1) is 0 Å². The van der Waals surface area contributed by atoms with Crippen LogP contribution in [0.4, 0.5) is 0 Å².